The molecule has 16 heavy (non-hydrogen) atoms. The molecule has 3 nitrogen and oxygen atoms in total. The number of rotatable bonds is 4. The minimum atomic E-state index is 0.0309. The van der Waals surface area contributed by atoms with Gasteiger partial charge in [0.15, 0.2) is 0 Å². The number of carbonyl (C=O) groups excluding carboxylic acids is 1. The van der Waals surface area contributed by atoms with E-state index in [1.165, 1.54) is 11.3 Å². The molecule has 0 saturated carbocycles. The molecule has 4 heteroatoms. The number of amides is 1. The van der Waals surface area contributed by atoms with E-state index in [-0.39, 0.29) is 11.9 Å². The van der Waals surface area contributed by atoms with Gasteiger partial charge in [-0.2, -0.15) is 5.26 Å². The number of carbonyl (C=O) groups is 1. The summed E-state index contributed by atoms with van der Waals surface area (Å²) in [6.45, 7) is 6.42. The molecule has 86 valence electrons. The second kappa shape index (κ2) is 5.66. The lowest BCUT2D eigenvalue weighted by molar-refractivity contribution is 0.0715. The molecule has 0 aliphatic heterocycles. The third-order valence-electron chi connectivity index (χ3n) is 2.30. The summed E-state index contributed by atoms with van der Waals surface area (Å²) < 4.78 is 0. The number of hydrogen-bond acceptors (Lipinski definition) is 3. The van der Waals surface area contributed by atoms with Crippen LogP contribution < -0.4 is 0 Å². The van der Waals surface area contributed by atoms with Crippen molar-refractivity contribution >= 4 is 17.2 Å². The lowest BCUT2D eigenvalue weighted by atomic mass is 10.2. The van der Waals surface area contributed by atoms with Gasteiger partial charge in [0.2, 0.25) is 0 Å². The lowest BCUT2D eigenvalue weighted by Gasteiger charge is -2.25. The van der Waals surface area contributed by atoms with Crippen LogP contribution in [0.4, 0.5) is 0 Å². The predicted molar refractivity (Wildman–Crippen MR) is 65.5 cm³/mol. The second-order valence-electron chi connectivity index (χ2n) is 3.91. The van der Waals surface area contributed by atoms with Crippen LogP contribution in [0, 0.1) is 18.3 Å². The minimum absolute atomic E-state index is 0.0309. The summed E-state index contributed by atoms with van der Waals surface area (Å²) in [6.07, 6.45) is 0.383. The van der Waals surface area contributed by atoms with Crippen LogP contribution >= 0.6 is 11.3 Å². The predicted octanol–water partition coefficient (Wildman–Crippen LogP) is 2.82. The summed E-state index contributed by atoms with van der Waals surface area (Å²) in [5.74, 6) is 0.0309. The Morgan fingerprint density at radius 2 is 2.25 bits per heavy atom. The summed E-state index contributed by atoms with van der Waals surface area (Å²) in [4.78, 5) is 15.8. The first-order valence-electron chi connectivity index (χ1n) is 5.30. The fourth-order valence-electron chi connectivity index (χ4n) is 1.46. The summed E-state index contributed by atoms with van der Waals surface area (Å²) in [5.41, 5.74) is 0. The normalized spacial score (nSPS) is 10.2. The van der Waals surface area contributed by atoms with Crippen LogP contribution in [0.15, 0.2) is 12.1 Å². The summed E-state index contributed by atoms with van der Waals surface area (Å²) in [6, 6.07) is 6.00. The van der Waals surface area contributed by atoms with Crippen LogP contribution in [0.2, 0.25) is 0 Å². The highest BCUT2D eigenvalue weighted by molar-refractivity contribution is 7.13. The number of nitrogens with zero attached hydrogens (tertiary/aromatic N) is 2. The fraction of sp³-hybridized carbons (Fsp3) is 0.500. The number of nitriles is 1. The van der Waals surface area contributed by atoms with E-state index in [1.54, 1.807) is 4.90 Å². The zero-order valence-electron chi connectivity index (χ0n) is 9.86. The van der Waals surface area contributed by atoms with E-state index in [2.05, 4.69) is 6.07 Å². The van der Waals surface area contributed by atoms with Crippen molar-refractivity contribution in [2.45, 2.75) is 33.2 Å². The van der Waals surface area contributed by atoms with E-state index < -0.39 is 0 Å². The third kappa shape index (κ3) is 3.07. The molecule has 0 fully saturated rings. The van der Waals surface area contributed by atoms with Gasteiger partial charge in [-0.05, 0) is 32.9 Å². The van der Waals surface area contributed by atoms with E-state index in [4.69, 9.17) is 5.26 Å². The molecule has 0 atom stereocenters. The van der Waals surface area contributed by atoms with E-state index in [1.807, 2.05) is 32.9 Å². The van der Waals surface area contributed by atoms with E-state index in [9.17, 15) is 4.79 Å². The first kappa shape index (κ1) is 12.7. The van der Waals surface area contributed by atoms with Gasteiger partial charge in [-0.1, -0.05) is 0 Å². The van der Waals surface area contributed by atoms with Crippen molar-refractivity contribution in [3.63, 3.8) is 0 Å². The quantitative estimate of drug-likeness (QED) is 0.806. The van der Waals surface area contributed by atoms with Gasteiger partial charge < -0.3 is 4.90 Å². The number of hydrogen-bond donors (Lipinski definition) is 0. The highest BCUT2D eigenvalue weighted by atomic mass is 32.1. The van der Waals surface area contributed by atoms with Crippen LogP contribution in [0.1, 0.15) is 34.8 Å². The molecule has 1 rings (SSSR count). The minimum Gasteiger partial charge on any atom is -0.334 e. The van der Waals surface area contributed by atoms with Gasteiger partial charge in [-0.3, -0.25) is 4.79 Å². The molecule has 0 bridgehead atoms. The van der Waals surface area contributed by atoms with Crippen LogP contribution in [0.25, 0.3) is 0 Å². The average molecular weight is 236 g/mol. The molecule has 1 heterocycles. The maximum Gasteiger partial charge on any atom is 0.264 e. The Morgan fingerprint density at radius 3 is 2.69 bits per heavy atom. The molecule has 0 unspecified atom stereocenters. The Bertz CT molecular complexity index is 403. The molecule has 0 aromatic carbocycles. The molecule has 0 radical (unpaired) electrons. The Morgan fingerprint density at radius 1 is 1.56 bits per heavy atom. The van der Waals surface area contributed by atoms with Gasteiger partial charge >= 0.3 is 0 Å². The topological polar surface area (TPSA) is 44.1 Å². The first-order chi connectivity index (χ1) is 7.56. The van der Waals surface area contributed by atoms with Crippen molar-refractivity contribution in [2.75, 3.05) is 6.54 Å². The van der Waals surface area contributed by atoms with Crippen molar-refractivity contribution in [3.8, 4) is 6.07 Å². The summed E-state index contributed by atoms with van der Waals surface area (Å²) in [5, 5.41) is 8.57. The van der Waals surface area contributed by atoms with Crippen molar-refractivity contribution in [2.24, 2.45) is 0 Å². The smallest absolute Gasteiger partial charge is 0.264 e. The molecule has 0 aliphatic rings. The van der Waals surface area contributed by atoms with Gasteiger partial charge in [0.1, 0.15) is 0 Å². The Labute approximate surface area is 100 Å². The van der Waals surface area contributed by atoms with Gasteiger partial charge in [0.25, 0.3) is 5.91 Å². The highest BCUT2D eigenvalue weighted by Crippen LogP contribution is 2.18. The molecule has 0 aliphatic carbocycles. The third-order valence-corrected chi connectivity index (χ3v) is 3.29. The van der Waals surface area contributed by atoms with Crippen LogP contribution in [0.3, 0.4) is 0 Å². The van der Waals surface area contributed by atoms with E-state index in [0.717, 1.165) is 9.75 Å². The van der Waals surface area contributed by atoms with Crippen LogP contribution in [-0.2, 0) is 0 Å². The Kier molecular flexibility index (Phi) is 4.51. The van der Waals surface area contributed by atoms with Crippen LogP contribution in [-0.4, -0.2) is 23.4 Å². The SMILES string of the molecule is Cc1ccc(C(=O)N(CCC#N)C(C)C)s1. The van der Waals surface area contributed by atoms with Gasteiger partial charge in [-0.25, -0.2) is 0 Å². The second-order valence-corrected chi connectivity index (χ2v) is 5.20. The van der Waals surface area contributed by atoms with Crippen molar-refractivity contribution in [3.05, 3.63) is 21.9 Å². The zero-order chi connectivity index (χ0) is 12.1. The molecular formula is C12H16N2OS. The zero-order valence-corrected chi connectivity index (χ0v) is 10.7. The number of aryl methyl sites for hydroxylation is 1. The molecule has 1 aromatic heterocycles. The van der Waals surface area contributed by atoms with E-state index >= 15 is 0 Å². The molecule has 0 N–H and O–H groups in total. The van der Waals surface area contributed by atoms with Crippen molar-refractivity contribution < 1.29 is 4.79 Å². The molecule has 1 amide bonds. The highest BCUT2D eigenvalue weighted by Gasteiger charge is 2.19. The summed E-state index contributed by atoms with van der Waals surface area (Å²) in [7, 11) is 0. The maximum absolute atomic E-state index is 12.1. The van der Waals surface area contributed by atoms with Gasteiger partial charge in [0, 0.05) is 17.5 Å². The average Bonchev–Trinajstić information content (AvgIpc) is 2.64. The van der Waals surface area contributed by atoms with Crippen molar-refractivity contribution in [1.82, 2.24) is 4.90 Å². The lowest BCUT2D eigenvalue weighted by Crippen LogP contribution is -2.37. The maximum atomic E-state index is 12.1. The summed E-state index contributed by atoms with van der Waals surface area (Å²) >= 11 is 1.50. The van der Waals surface area contributed by atoms with Gasteiger partial charge in [0.05, 0.1) is 17.4 Å². The first-order valence-corrected chi connectivity index (χ1v) is 6.12. The molecule has 0 saturated heterocycles. The monoisotopic (exact) mass is 236 g/mol. The molecule has 1 aromatic rings. The molecular weight excluding hydrogens is 220 g/mol. The van der Waals surface area contributed by atoms with Crippen LogP contribution in [0.5, 0.6) is 0 Å². The van der Waals surface area contributed by atoms with Gasteiger partial charge in [-0.15, -0.1) is 11.3 Å². The van der Waals surface area contributed by atoms with E-state index in [0.29, 0.717) is 13.0 Å². The largest absolute Gasteiger partial charge is 0.334 e. The fourth-order valence-corrected chi connectivity index (χ4v) is 2.28. The molecule has 0 spiro atoms. The Hall–Kier alpha value is -1.34. The van der Waals surface area contributed by atoms with Crippen molar-refractivity contribution in [1.29, 1.82) is 5.26 Å². The number of thiophene rings is 1. The standard InChI is InChI=1S/C12H16N2OS/c1-9(2)14(8-4-7-13)12(15)11-6-5-10(3)16-11/h5-6,9H,4,8H2,1-3H3. The Balaban J connectivity index is 2.79.